The van der Waals surface area contributed by atoms with E-state index in [0.717, 1.165) is 10.0 Å². The first-order valence-corrected chi connectivity index (χ1v) is 9.59. The van der Waals surface area contributed by atoms with Crippen LogP contribution in [0.2, 0.25) is 0 Å². The summed E-state index contributed by atoms with van der Waals surface area (Å²) in [6, 6.07) is 12.2. The summed E-state index contributed by atoms with van der Waals surface area (Å²) < 4.78 is 6.32. The summed E-state index contributed by atoms with van der Waals surface area (Å²) in [6.07, 6.45) is 0.569. The smallest absolute Gasteiger partial charge is 0.272 e. The van der Waals surface area contributed by atoms with E-state index in [1.165, 1.54) is 6.07 Å². The zero-order valence-electron chi connectivity index (χ0n) is 15.7. The standard InChI is InChI=1S/C20H25BrN2O4/c1-13(10-15-6-4-5-7-19(15)23(25)26)14(2)22-18(12-24)17-11-16(21)8-9-20(17)27-3/h4-9,11,13-14,18,22,24H,10,12H2,1-3H3. The van der Waals surface area contributed by atoms with Crippen molar-refractivity contribution in [2.24, 2.45) is 5.92 Å². The van der Waals surface area contributed by atoms with Crippen LogP contribution in [0.15, 0.2) is 46.9 Å². The van der Waals surface area contributed by atoms with Crippen LogP contribution in [0.25, 0.3) is 0 Å². The zero-order valence-corrected chi connectivity index (χ0v) is 17.3. The van der Waals surface area contributed by atoms with Crippen molar-refractivity contribution >= 4 is 21.6 Å². The lowest BCUT2D eigenvalue weighted by atomic mass is 9.93. The number of hydrogen-bond donors (Lipinski definition) is 2. The quantitative estimate of drug-likeness (QED) is 0.453. The molecule has 2 aromatic carbocycles. The Hall–Kier alpha value is -1.96. The van der Waals surface area contributed by atoms with Crippen molar-refractivity contribution in [1.82, 2.24) is 5.32 Å². The maximum atomic E-state index is 11.2. The van der Waals surface area contributed by atoms with Crippen LogP contribution in [0.4, 0.5) is 5.69 Å². The second-order valence-electron chi connectivity index (χ2n) is 6.64. The lowest BCUT2D eigenvalue weighted by Gasteiger charge is -2.27. The number of nitro groups is 1. The fraction of sp³-hybridized carbons (Fsp3) is 0.400. The third kappa shape index (κ3) is 5.51. The van der Waals surface area contributed by atoms with Crippen molar-refractivity contribution < 1.29 is 14.8 Å². The molecule has 146 valence electrons. The van der Waals surface area contributed by atoms with E-state index in [0.29, 0.717) is 17.7 Å². The molecule has 0 spiro atoms. The largest absolute Gasteiger partial charge is 0.496 e. The average molecular weight is 437 g/mol. The molecule has 3 atom stereocenters. The molecule has 2 N–H and O–H groups in total. The first-order valence-electron chi connectivity index (χ1n) is 8.80. The van der Waals surface area contributed by atoms with Crippen molar-refractivity contribution in [3.05, 3.63) is 68.2 Å². The van der Waals surface area contributed by atoms with Crippen LogP contribution in [0.5, 0.6) is 5.75 Å². The van der Waals surface area contributed by atoms with E-state index >= 15 is 0 Å². The summed E-state index contributed by atoms with van der Waals surface area (Å²) in [5.41, 5.74) is 1.72. The number of ether oxygens (including phenoxy) is 1. The van der Waals surface area contributed by atoms with Crippen molar-refractivity contribution in [1.29, 1.82) is 0 Å². The lowest BCUT2D eigenvalue weighted by Crippen LogP contribution is -2.38. The fourth-order valence-electron chi connectivity index (χ4n) is 3.09. The number of rotatable bonds is 9. The number of aliphatic hydroxyl groups is 1. The van der Waals surface area contributed by atoms with Gasteiger partial charge in [-0.1, -0.05) is 41.1 Å². The Kier molecular flexibility index (Phi) is 7.77. The zero-order chi connectivity index (χ0) is 20.0. The maximum absolute atomic E-state index is 11.2. The Morgan fingerprint density at radius 1 is 1.26 bits per heavy atom. The monoisotopic (exact) mass is 436 g/mol. The van der Waals surface area contributed by atoms with Gasteiger partial charge in [0.1, 0.15) is 5.75 Å². The van der Waals surface area contributed by atoms with Crippen LogP contribution in [-0.2, 0) is 6.42 Å². The number of nitrogens with zero attached hydrogens (tertiary/aromatic N) is 1. The molecule has 0 aromatic heterocycles. The van der Waals surface area contributed by atoms with Gasteiger partial charge in [-0.15, -0.1) is 0 Å². The molecule has 0 heterocycles. The lowest BCUT2D eigenvalue weighted by molar-refractivity contribution is -0.385. The molecule has 2 rings (SSSR count). The molecule has 27 heavy (non-hydrogen) atoms. The number of nitrogens with one attached hydrogen (secondary N) is 1. The average Bonchev–Trinajstić information content (AvgIpc) is 2.66. The number of aliphatic hydroxyl groups excluding tert-OH is 1. The van der Waals surface area contributed by atoms with E-state index in [9.17, 15) is 15.2 Å². The number of halogens is 1. The van der Waals surface area contributed by atoms with Gasteiger partial charge in [0, 0.05) is 27.7 Å². The molecule has 0 saturated carbocycles. The molecule has 0 aliphatic carbocycles. The highest BCUT2D eigenvalue weighted by Crippen LogP contribution is 2.30. The van der Waals surface area contributed by atoms with Crippen LogP contribution < -0.4 is 10.1 Å². The van der Waals surface area contributed by atoms with Gasteiger partial charge in [0.25, 0.3) is 5.69 Å². The Morgan fingerprint density at radius 3 is 2.59 bits per heavy atom. The van der Waals surface area contributed by atoms with Gasteiger partial charge in [-0.05, 0) is 37.5 Å². The molecule has 2 aromatic rings. The highest BCUT2D eigenvalue weighted by molar-refractivity contribution is 9.10. The van der Waals surface area contributed by atoms with E-state index in [-0.39, 0.29) is 35.2 Å². The van der Waals surface area contributed by atoms with Gasteiger partial charge in [0.2, 0.25) is 0 Å². The van der Waals surface area contributed by atoms with Crippen molar-refractivity contribution in [3.8, 4) is 5.75 Å². The Morgan fingerprint density at radius 2 is 1.96 bits per heavy atom. The Bertz CT molecular complexity index is 784. The topological polar surface area (TPSA) is 84.6 Å². The highest BCUT2D eigenvalue weighted by atomic mass is 79.9. The highest BCUT2D eigenvalue weighted by Gasteiger charge is 2.23. The summed E-state index contributed by atoms with van der Waals surface area (Å²) in [4.78, 5) is 10.9. The van der Waals surface area contributed by atoms with Crippen molar-refractivity contribution in [2.45, 2.75) is 32.4 Å². The Balaban J connectivity index is 2.14. The normalized spacial score (nSPS) is 14.4. The molecule has 0 saturated heterocycles. The fourth-order valence-corrected chi connectivity index (χ4v) is 3.46. The maximum Gasteiger partial charge on any atom is 0.272 e. The Labute approximate surface area is 167 Å². The molecule has 0 bridgehead atoms. The SMILES string of the molecule is COc1ccc(Br)cc1C(CO)NC(C)C(C)Cc1ccccc1[N+](=O)[O-]. The van der Waals surface area contributed by atoms with E-state index in [1.807, 2.05) is 38.1 Å². The van der Waals surface area contributed by atoms with E-state index in [2.05, 4.69) is 21.2 Å². The summed E-state index contributed by atoms with van der Waals surface area (Å²) in [6.45, 7) is 3.98. The molecule has 0 aliphatic rings. The number of benzene rings is 2. The van der Waals surface area contributed by atoms with Gasteiger partial charge >= 0.3 is 0 Å². The minimum absolute atomic E-state index is 0.0191. The van der Waals surface area contributed by atoms with Gasteiger partial charge < -0.3 is 15.2 Å². The van der Waals surface area contributed by atoms with Gasteiger partial charge in [-0.3, -0.25) is 10.1 Å². The van der Waals surface area contributed by atoms with Gasteiger partial charge in [-0.25, -0.2) is 0 Å². The third-order valence-electron chi connectivity index (χ3n) is 4.80. The molecule has 3 unspecified atom stereocenters. The second-order valence-corrected chi connectivity index (χ2v) is 7.56. The van der Waals surface area contributed by atoms with Crippen LogP contribution in [-0.4, -0.2) is 29.8 Å². The summed E-state index contributed by atoms with van der Waals surface area (Å²) in [5.74, 6) is 0.821. The van der Waals surface area contributed by atoms with Gasteiger partial charge in [0.15, 0.2) is 0 Å². The number of hydrogen-bond acceptors (Lipinski definition) is 5. The van der Waals surface area contributed by atoms with Gasteiger partial charge in [0.05, 0.1) is 24.7 Å². The molecular weight excluding hydrogens is 412 g/mol. The van der Waals surface area contributed by atoms with E-state index < -0.39 is 0 Å². The first kappa shape index (κ1) is 21.3. The summed E-state index contributed by atoms with van der Waals surface area (Å²) in [5, 5.41) is 24.6. The minimum atomic E-state index is -0.344. The number of para-hydroxylation sites is 1. The number of methoxy groups -OCH3 is 1. The molecule has 0 aliphatic heterocycles. The van der Waals surface area contributed by atoms with Crippen LogP contribution >= 0.6 is 15.9 Å². The molecule has 0 fully saturated rings. The molecule has 6 nitrogen and oxygen atoms in total. The van der Waals surface area contributed by atoms with Crippen LogP contribution in [0.1, 0.15) is 31.0 Å². The van der Waals surface area contributed by atoms with Crippen LogP contribution in [0, 0.1) is 16.0 Å². The summed E-state index contributed by atoms with van der Waals surface area (Å²) >= 11 is 3.46. The predicted molar refractivity (Wildman–Crippen MR) is 109 cm³/mol. The van der Waals surface area contributed by atoms with E-state index in [4.69, 9.17) is 4.74 Å². The van der Waals surface area contributed by atoms with Crippen molar-refractivity contribution in [3.63, 3.8) is 0 Å². The van der Waals surface area contributed by atoms with Crippen LogP contribution in [0.3, 0.4) is 0 Å². The molecule has 7 heteroatoms. The number of nitro benzene ring substituents is 1. The second kappa shape index (κ2) is 9.82. The predicted octanol–water partition coefficient (Wildman–Crippen LogP) is 4.26. The van der Waals surface area contributed by atoms with Gasteiger partial charge in [-0.2, -0.15) is 0 Å². The molecule has 0 amide bonds. The minimum Gasteiger partial charge on any atom is -0.496 e. The van der Waals surface area contributed by atoms with E-state index in [1.54, 1.807) is 19.2 Å². The molecule has 0 radical (unpaired) electrons. The molecular formula is C20H25BrN2O4. The first-order chi connectivity index (χ1) is 12.9. The van der Waals surface area contributed by atoms with Crippen molar-refractivity contribution in [2.75, 3.05) is 13.7 Å². The third-order valence-corrected chi connectivity index (χ3v) is 5.29. The summed E-state index contributed by atoms with van der Waals surface area (Å²) in [7, 11) is 1.60.